The van der Waals surface area contributed by atoms with E-state index in [-0.39, 0.29) is 6.01 Å². The summed E-state index contributed by atoms with van der Waals surface area (Å²) in [4.78, 5) is 3.76. The number of thioether (sulfide) groups is 1. The number of hydrogen-bond acceptors (Lipinski definition) is 5. The lowest BCUT2D eigenvalue weighted by Gasteiger charge is -2.06. The van der Waals surface area contributed by atoms with Crippen molar-refractivity contribution in [3.8, 4) is 6.01 Å². The molecular weight excluding hydrogens is 291 g/mol. The van der Waals surface area contributed by atoms with Crippen LogP contribution in [-0.4, -0.2) is 26.2 Å². The average Bonchev–Trinajstić information content (AvgIpc) is 2.89. The molecule has 2 heterocycles. The number of rotatable bonds is 5. The van der Waals surface area contributed by atoms with Crippen LogP contribution in [0.5, 0.6) is 6.01 Å². The van der Waals surface area contributed by atoms with Gasteiger partial charge in [0.25, 0.3) is 0 Å². The highest BCUT2D eigenvalue weighted by Gasteiger charge is 2.14. The minimum Gasteiger partial charge on any atom is -0.465 e. The van der Waals surface area contributed by atoms with Crippen molar-refractivity contribution in [3.63, 3.8) is 0 Å². The van der Waals surface area contributed by atoms with E-state index in [2.05, 4.69) is 15.2 Å². The third kappa shape index (κ3) is 2.97. The van der Waals surface area contributed by atoms with Crippen molar-refractivity contribution in [1.29, 1.82) is 0 Å². The second kappa shape index (κ2) is 6.09. The number of fused-ring (bicyclic) bond motifs is 1. The van der Waals surface area contributed by atoms with Gasteiger partial charge < -0.3 is 4.74 Å². The van der Waals surface area contributed by atoms with E-state index in [4.69, 9.17) is 4.74 Å². The molecule has 7 heteroatoms. The molecule has 0 atom stereocenters. The number of nitrogens with zero attached hydrogens (tertiary/aromatic N) is 4. The molecule has 0 aliphatic heterocycles. The smallest absolute Gasteiger partial charge is 0.307 e. The molecule has 0 N–H and O–H groups in total. The van der Waals surface area contributed by atoms with Gasteiger partial charge in [-0.1, -0.05) is 42.1 Å². The van der Waals surface area contributed by atoms with E-state index < -0.39 is 5.95 Å². The molecular formula is C14H13FN4OS. The molecule has 0 spiro atoms. The number of benzene rings is 1. The van der Waals surface area contributed by atoms with Gasteiger partial charge >= 0.3 is 6.01 Å². The first-order valence-electron chi connectivity index (χ1n) is 6.49. The van der Waals surface area contributed by atoms with Crippen LogP contribution in [0.1, 0.15) is 12.5 Å². The van der Waals surface area contributed by atoms with Crippen LogP contribution >= 0.6 is 11.8 Å². The summed E-state index contributed by atoms with van der Waals surface area (Å²) in [6.45, 7) is 2.21. The van der Waals surface area contributed by atoms with Crippen molar-refractivity contribution in [1.82, 2.24) is 19.6 Å². The number of halogens is 1. The molecule has 5 nitrogen and oxygen atoms in total. The summed E-state index contributed by atoms with van der Waals surface area (Å²) >= 11 is 1.50. The van der Waals surface area contributed by atoms with Gasteiger partial charge in [0.1, 0.15) is 0 Å². The quantitative estimate of drug-likeness (QED) is 0.536. The third-order valence-corrected chi connectivity index (χ3v) is 3.78. The maximum Gasteiger partial charge on any atom is 0.307 e. The van der Waals surface area contributed by atoms with Gasteiger partial charge in [0, 0.05) is 11.8 Å². The summed E-state index contributed by atoms with van der Waals surface area (Å²) in [5.41, 5.74) is 1.56. The molecule has 108 valence electrons. The highest BCUT2D eigenvalue weighted by atomic mass is 32.2. The molecule has 0 saturated heterocycles. The summed E-state index contributed by atoms with van der Waals surface area (Å²) < 4.78 is 20.4. The Morgan fingerprint density at radius 3 is 2.81 bits per heavy atom. The van der Waals surface area contributed by atoms with E-state index in [1.807, 2.05) is 37.3 Å². The summed E-state index contributed by atoms with van der Waals surface area (Å²) in [5, 5.41) is 8.68. The summed E-state index contributed by atoms with van der Waals surface area (Å²) in [7, 11) is 0. The second-order valence-corrected chi connectivity index (χ2v) is 5.19. The minimum absolute atomic E-state index is 0.174. The molecule has 0 amide bonds. The van der Waals surface area contributed by atoms with Crippen LogP contribution in [-0.2, 0) is 5.75 Å². The SMILES string of the molecule is CCOc1nc(F)cc2nnc(SCc3ccccc3)n12. The van der Waals surface area contributed by atoms with Crippen molar-refractivity contribution in [2.75, 3.05) is 6.61 Å². The molecule has 0 bridgehead atoms. The zero-order valence-corrected chi connectivity index (χ0v) is 12.2. The topological polar surface area (TPSA) is 52.3 Å². The Balaban J connectivity index is 1.92. The first-order chi connectivity index (χ1) is 10.3. The first-order valence-corrected chi connectivity index (χ1v) is 7.47. The molecule has 2 aromatic heterocycles. The van der Waals surface area contributed by atoms with Crippen molar-refractivity contribution >= 4 is 17.4 Å². The number of ether oxygens (including phenoxy) is 1. The van der Waals surface area contributed by atoms with Gasteiger partial charge in [-0.2, -0.15) is 9.37 Å². The Morgan fingerprint density at radius 2 is 2.05 bits per heavy atom. The van der Waals surface area contributed by atoms with E-state index in [1.165, 1.54) is 23.4 Å². The number of aromatic nitrogens is 4. The van der Waals surface area contributed by atoms with Gasteiger partial charge in [-0.3, -0.25) is 0 Å². The van der Waals surface area contributed by atoms with Gasteiger partial charge in [-0.05, 0) is 12.5 Å². The van der Waals surface area contributed by atoms with Gasteiger partial charge in [-0.25, -0.2) is 4.40 Å². The van der Waals surface area contributed by atoms with Crippen molar-refractivity contribution in [2.45, 2.75) is 17.8 Å². The molecule has 21 heavy (non-hydrogen) atoms. The summed E-state index contributed by atoms with van der Waals surface area (Å²) in [6.07, 6.45) is 0. The Bertz CT molecular complexity index is 747. The van der Waals surface area contributed by atoms with Crippen LogP contribution in [0.2, 0.25) is 0 Å². The predicted octanol–water partition coefficient (Wildman–Crippen LogP) is 2.95. The number of hydrogen-bond donors (Lipinski definition) is 0. The standard InChI is InChI=1S/C14H13FN4OS/c1-2-20-13-16-11(15)8-12-17-18-14(19(12)13)21-9-10-6-4-3-5-7-10/h3-8H,2,9H2,1H3. The van der Waals surface area contributed by atoms with E-state index in [0.717, 1.165) is 5.75 Å². The maximum atomic E-state index is 13.4. The monoisotopic (exact) mass is 304 g/mol. The molecule has 0 unspecified atom stereocenters. The average molecular weight is 304 g/mol. The molecule has 1 aromatic carbocycles. The maximum absolute atomic E-state index is 13.4. The van der Waals surface area contributed by atoms with Crippen molar-refractivity contribution < 1.29 is 9.13 Å². The zero-order valence-electron chi connectivity index (χ0n) is 11.4. The lowest BCUT2D eigenvalue weighted by Crippen LogP contribution is -2.04. The molecule has 0 saturated carbocycles. The van der Waals surface area contributed by atoms with E-state index in [9.17, 15) is 4.39 Å². The van der Waals surface area contributed by atoms with Crippen LogP contribution in [0.4, 0.5) is 4.39 Å². The minimum atomic E-state index is -0.627. The molecule has 0 aliphatic rings. The Morgan fingerprint density at radius 1 is 1.24 bits per heavy atom. The van der Waals surface area contributed by atoms with E-state index >= 15 is 0 Å². The molecule has 0 fully saturated rings. The van der Waals surface area contributed by atoms with Crippen LogP contribution in [0, 0.1) is 5.95 Å². The van der Waals surface area contributed by atoms with Crippen LogP contribution in [0.25, 0.3) is 5.65 Å². The Labute approximate surface area is 125 Å². The van der Waals surface area contributed by atoms with Crippen molar-refractivity contribution in [2.24, 2.45) is 0 Å². The highest BCUT2D eigenvalue weighted by Crippen LogP contribution is 2.25. The van der Waals surface area contributed by atoms with Gasteiger partial charge in [0.2, 0.25) is 5.95 Å². The van der Waals surface area contributed by atoms with Crippen molar-refractivity contribution in [3.05, 3.63) is 47.9 Å². The third-order valence-electron chi connectivity index (χ3n) is 2.78. The van der Waals surface area contributed by atoms with Crippen LogP contribution < -0.4 is 4.74 Å². The fourth-order valence-electron chi connectivity index (χ4n) is 1.88. The predicted molar refractivity (Wildman–Crippen MR) is 77.9 cm³/mol. The highest BCUT2D eigenvalue weighted by molar-refractivity contribution is 7.98. The second-order valence-electron chi connectivity index (χ2n) is 4.24. The summed E-state index contributed by atoms with van der Waals surface area (Å²) in [6, 6.07) is 11.4. The van der Waals surface area contributed by atoms with E-state index in [1.54, 1.807) is 4.40 Å². The molecule has 3 rings (SSSR count). The fourth-order valence-corrected chi connectivity index (χ4v) is 2.76. The van der Waals surface area contributed by atoms with Crippen LogP contribution in [0.15, 0.2) is 41.6 Å². The van der Waals surface area contributed by atoms with Crippen LogP contribution in [0.3, 0.4) is 0 Å². The van der Waals surface area contributed by atoms with Gasteiger partial charge in [0.05, 0.1) is 6.61 Å². The largest absolute Gasteiger partial charge is 0.465 e. The summed E-state index contributed by atoms with van der Waals surface area (Å²) in [5.74, 6) is 0.114. The molecule has 3 aromatic rings. The Kier molecular flexibility index (Phi) is 4.01. The normalized spacial score (nSPS) is 11.0. The van der Waals surface area contributed by atoms with Gasteiger partial charge in [0.15, 0.2) is 10.8 Å². The molecule has 0 radical (unpaired) electrons. The Hall–Kier alpha value is -2.15. The van der Waals surface area contributed by atoms with E-state index in [0.29, 0.717) is 17.4 Å². The first kappa shape index (κ1) is 13.8. The van der Waals surface area contributed by atoms with Gasteiger partial charge in [-0.15, -0.1) is 10.2 Å². The zero-order chi connectivity index (χ0) is 14.7. The lowest BCUT2D eigenvalue weighted by atomic mass is 10.2. The molecule has 0 aliphatic carbocycles. The fraction of sp³-hybridized carbons (Fsp3) is 0.214. The lowest BCUT2D eigenvalue weighted by molar-refractivity contribution is 0.298.